The minimum Gasteiger partial charge on any atom is -0.381 e. The molecule has 0 aliphatic heterocycles. The second-order valence-electron chi connectivity index (χ2n) is 5.69. The van der Waals surface area contributed by atoms with Gasteiger partial charge in [0.15, 0.2) is 0 Å². The lowest BCUT2D eigenvalue weighted by Gasteiger charge is -2.06. The summed E-state index contributed by atoms with van der Waals surface area (Å²) in [5.41, 5.74) is 0. The Labute approximate surface area is 154 Å². The zero-order valence-electron chi connectivity index (χ0n) is 13.3. The molecule has 0 rings (SSSR count). The van der Waals surface area contributed by atoms with Crippen molar-refractivity contribution in [2.75, 3.05) is 13.2 Å². The van der Waals surface area contributed by atoms with Gasteiger partial charge in [-0.05, 0) is 25.7 Å². The minimum atomic E-state index is 0.255. The smallest absolute Gasteiger partial charge is 0.0466 e. The highest BCUT2D eigenvalue weighted by Gasteiger charge is 1.97. The van der Waals surface area contributed by atoms with Gasteiger partial charge in [-0.1, -0.05) is 51.4 Å². The lowest BCUT2D eigenvalue weighted by molar-refractivity contribution is 0.125. The van der Waals surface area contributed by atoms with Gasteiger partial charge >= 0.3 is 0 Å². The van der Waals surface area contributed by atoms with Gasteiger partial charge in [-0.25, -0.2) is 0 Å². The molecule has 0 fully saturated rings. The molecule has 128 valence electrons. The Morgan fingerprint density at radius 1 is 0.476 bits per heavy atom. The van der Waals surface area contributed by atoms with Crippen molar-refractivity contribution in [3.63, 3.8) is 0 Å². The standard InChI is InChI=1S/C16H34OS4/c18-15(19)11-7-3-1-5-9-13-17-14-10-6-2-4-8-12-16(20)21/h15-16,18-21H,1-14H2. The van der Waals surface area contributed by atoms with Crippen LogP contribution in [-0.2, 0) is 4.74 Å². The van der Waals surface area contributed by atoms with Gasteiger partial charge in [0.05, 0.1) is 0 Å². The molecule has 0 aromatic rings. The summed E-state index contributed by atoms with van der Waals surface area (Å²) >= 11 is 17.0. The van der Waals surface area contributed by atoms with E-state index in [-0.39, 0.29) is 9.16 Å². The third-order valence-electron chi connectivity index (χ3n) is 3.50. The van der Waals surface area contributed by atoms with E-state index in [0.29, 0.717) is 0 Å². The fraction of sp³-hybridized carbons (Fsp3) is 1.00. The summed E-state index contributed by atoms with van der Waals surface area (Å²) in [5.74, 6) is 0. The van der Waals surface area contributed by atoms with Gasteiger partial charge in [-0.15, -0.1) is 0 Å². The molecule has 21 heavy (non-hydrogen) atoms. The van der Waals surface area contributed by atoms with Crippen molar-refractivity contribution in [2.45, 2.75) is 86.2 Å². The van der Waals surface area contributed by atoms with Gasteiger partial charge in [0.2, 0.25) is 0 Å². The van der Waals surface area contributed by atoms with Crippen LogP contribution in [0.2, 0.25) is 0 Å². The van der Waals surface area contributed by atoms with E-state index in [1.54, 1.807) is 0 Å². The van der Waals surface area contributed by atoms with Crippen LogP contribution < -0.4 is 0 Å². The Hall–Kier alpha value is 1.36. The van der Waals surface area contributed by atoms with Crippen LogP contribution in [0.25, 0.3) is 0 Å². The number of thiol groups is 4. The molecule has 0 N–H and O–H groups in total. The quantitative estimate of drug-likeness (QED) is 0.147. The molecular formula is C16H34OS4. The lowest BCUT2D eigenvalue weighted by Crippen LogP contribution is -1.97. The Morgan fingerprint density at radius 3 is 1.19 bits per heavy atom. The van der Waals surface area contributed by atoms with E-state index in [2.05, 4.69) is 50.5 Å². The second kappa shape index (κ2) is 17.7. The molecule has 0 heterocycles. The summed E-state index contributed by atoms with van der Waals surface area (Å²) in [4.78, 5) is 0. The van der Waals surface area contributed by atoms with Crippen molar-refractivity contribution in [3.05, 3.63) is 0 Å². The Kier molecular flexibility index (Phi) is 18.9. The Bertz CT molecular complexity index is 181. The van der Waals surface area contributed by atoms with Gasteiger partial charge in [0.25, 0.3) is 0 Å². The SMILES string of the molecule is SC(S)CCCCCCCOCCCCCCCC(S)S. The maximum Gasteiger partial charge on any atom is 0.0466 e. The first kappa shape index (κ1) is 22.4. The molecule has 0 aromatic carbocycles. The molecule has 0 radical (unpaired) electrons. The Morgan fingerprint density at radius 2 is 0.810 bits per heavy atom. The predicted molar refractivity (Wildman–Crippen MR) is 110 cm³/mol. The van der Waals surface area contributed by atoms with E-state index in [1.807, 2.05) is 0 Å². The average Bonchev–Trinajstić information content (AvgIpc) is 2.42. The molecule has 1 nitrogen and oxygen atoms in total. The van der Waals surface area contributed by atoms with Gasteiger partial charge in [-0.3, -0.25) is 0 Å². The molecule has 0 bridgehead atoms. The normalized spacial score (nSPS) is 11.7. The number of ether oxygens (including phenoxy) is 1. The number of hydrogen-bond donors (Lipinski definition) is 4. The first-order chi connectivity index (χ1) is 10.1. The zero-order valence-corrected chi connectivity index (χ0v) is 16.8. The largest absolute Gasteiger partial charge is 0.381 e. The van der Waals surface area contributed by atoms with E-state index in [0.717, 1.165) is 26.1 Å². The maximum atomic E-state index is 5.67. The van der Waals surface area contributed by atoms with Crippen molar-refractivity contribution in [3.8, 4) is 0 Å². The van der Waals surface area contributed by atoms with Crippen molar-refractivity contribution in [1.82, 2.24) is 0 Å². The minimum absolute atomic E-state index is 0.255. The lowest BCUT2D eigenvalue weighted by atomic mass is 10.1. The van der Waals surface area contributed by atoms with Gasteiger partial charge < -0.3 is 4.74 Å². The van der Waals surface area contributed by atoms with Crippen molar-refractivity contribution in [2.24, 2.45) is 0 Å². The van der Waals surface area contributed by atoms with Crippen LogP contribution in [-0.4, -0.2) is 22.4 Å². The van der Waals surface area contributed by atoms with Crippen molar-refractivity contribution >= 4 is 50.5 Å². The number of hydrogen-bond acceptors (Lipinski definition) is 5. The van der Waals surface area contributed by atoms with Crippen molar-refractivity contribution < 1.29 is 4.74 Å². The summed E-state index contributed by atoms with van der Waals surface area (Å²) in [7, 11) is 0. The van der Waals surface area contributed by atoms with Gasteiger partial charge in [0.1, 0.15) is 0 Å². The molecule has 0 aliphatic rings. The van der Waals surface area contributed by atoms with E-state index >= 15 is 0 Å². The molecular weight excluding hydrogens is 336 g/mol. The predicted octanol–water partition coefficient (Wildman–Crippen LogP) is 6.06. The Balaban J connectivity index is 2.96. The van der Waals surface area contributed by atoms with Crippen LogP contribution in [0, 0.1) is 0 Å². The van der Waals surface area contributed by atoms with Crippen LogP contribution in [0.5, 0.6) is 0 Å². The molecule has 0 saturated carbocycles. The summed E-state index contributed by atoms with van der Waals surface area (Å²) < 4.78 is 6.18. The molecule has 0 saturated heterocycles. The highest BCUT2D eigenvalue weighted by Crippen LogP contribution is 2.14. The topological polar surface area (TPSA) is 9.23 Å². The third kappa shape index (κ3) is 21.4. The van der Waals surface area contributed by atoms with E-state index in [4.69, 9.17) is 4.74 Å². The first-order valence-electron chi connectivity index (χ1n) is 8.43. The van der Waals surface area contributed by atoms with Crippen LogP contribution in [0.1, 0.15) is 77.0 Å². The molecule has 0 atom stereocenters. The van der Waals surface area contributed by atoms with Gasteiger partial charge in [0, 0.05) is 22.4 Å². The van der Waals surface area contributed by atoms with E-state index in [1.165, 1.54) is 64.2 Å². The highest BCUT2D eigenvalue weighted by molar-refractivity contribution is 7.99. The van der Waals surface area contributed by atoms with Crippen LogP contribution in [0.3, 0.4) is 0 Å². The second-order valence-corrected chi connectivity index (χ2v) is 8.99. The third-order valence-corrected chi connectivity index (χ3v) is 4.53. The molecule has 0 amide bonds. The number of unbranched alkanes of at least 4 members (excludes halogenated alkanes) is 8. The highest BCUT2D eigenvalue weighted by atomic mass is 32.2. The van der Waals surface area contributed by atoms with Crippen LogP contribution in [0.15, 0.2) is 0 Å². The average molecular weight is 371 g/mol. The summed E-state index contributed by atoms with van der Waals surface area (Å²) in [6.45, 7) is 1.87. The fourth-order valence-electron chi connectivity index (χ4n) is 2.22. The van der Waals surface area contributed by atoms with E-state index in [9.17, 15) is 0 Å². The number of rotatable bonds is 16. The summed E-state index contributed by atoms with van der Waals surface area (Å²) in [6, 6.07) is 0. The molecule has 0 unspecified atom stereocenters. The summed E-state index contributed by atoms with van der Waals surface area (Å²) in [5, 5.41) is 0. The van der Waals surface area contributed by atoms with Crippen LogP contribution >= 0.6 is 50.5 Å². The van der Waals surface area contributed by atoms with E-state index < -0.39 is 0 Å². The monoisotopic (exact) mass is 370 g/mol. The fourth-order valence-corrected chi connectivity index (χ4v) is 2.96. The molecule has 5 heteroatoms. The van der Waals surface area contributed by atoms with Gasteiger partial charge in [-0.2, -0.15) is 50.5 Å². The summed E-state index contributed by atoms with van der Waals surface area (Å²) in [6.07, 6.45) is 15.0. The maximum absolute atomic E-state index is 5.67. The molecule has 0 spiro atoms. The van der Waals surface area contributed by atoms with Crippen molar-refractivity contribution in [1.29, 1.82) is 0 Å². The zero-order chi connectivity index (χ0) is 15.8. The van der Waals surface area contributed by atoms with Crippen LogP contribution in [0.4, 0.5) is 0 Å². The first-order valence-corrected chi connectivity index (χ1v) is 10.5. The molecule has 0 aromatic heterocycles. The molecule has 0 aliphatic carbocycles.